The molecule has 0 aliphatic carbocycles. The summed E-state index contributed by atoms with van der Waals surface area (Å²) in [5.74, 6) is 2.41. The first-order valence-corrected chi connectivity index (χ1v) is 6.69. The maximum Gasteiger partial charge on any atom is 0.385 e. The SMILES string of the molecule is COCCOCCOC(=O)C#CC(=O)OCCOCCOC. The zero-order valence-corrected chi connectivity index (χ0v) is 12.9. The predicted molar refractivity (Wildman–Crippen MR) is 75.1 cm³/mol. The molecule has 0 spiro atoms. The van der Waals surface area contributed by atoms with Crippen LogP contribution in [0.15, 0.2) is 0 Å². The lowest BCUT2D eigenvalue weighted by Gasteiger charge is -2.03. The van der Waals surface area contributed by atoms with Gasteiger partial charge in [0, 0.05) is 26.1 Å². The molecule has 0 aromatic carbocycles. The van der Waals surface area contributed by atoms with E-state index in [0.29, 0.717) is 26.4 Å². The minimum atomic E-state index is -0.816. The third-order valence-electron chi connectivity index (χ3n) is 2.05. The Hall–Kier alpha value is -1.66. The van der Waals surface area contributed by atoms with Crippen LogP contribution in [0.3, 0.4) is 0 Å². The highest BCUT2D eigenvalue weighted by atomic mass is 16.6. The lowest BCUT2D eigenvalue weighted by atomic mass is 10.5. The normalized spacial score (nSPS) is 9.73. The topological polar surface area (TPSA) is 89.5 Å². The molecule has 0 rings (SSSR count). The summed E-state index contributed by atoms with van der Waals surface area (Å²) in [4.78, 5) is 22.3. The molecule has 0 aliphatic heterocycles. The van der Waals surface area contributed by atoms with Crippen molar-refractivity contribution in [2.45, 2.75) is 0 Å². The summed E-state index contributed by atoms with van der Waals surface area (Å²) >= 11 is 0. The van der Waals surface area contributed by atoms with Crippen molar-refractivity contribution in [3.8, 4) is 11.8 Å². The smallest absolute Gasteiger partial charge is 0.385 e. The van der Waals surface area contributed by atoms with E-state index in [-0.39, 0.29) is 26.4 Å². The first-order valence-electron chi connectivity index (χ1n) is 6.69. The van der Waals surface area contributed by atoms with Gasteiger partial charge in [-0.1, -0.05) is 0 Å². The molecule has 0 saturated carbocycles. The number of carbonyl (C=O) groups is 2. The van der Waals surface area contributed by atoms with Gasteiger partial charge >= 0.3 is 11.9 Å². The van der Waals surface area contributed by atoms with Gasteiger partial charge in [0.1, 0.15) is 13.2 Å². The maximum atomic E-state index is 11.2. The number of rotatable bonds is 12. The maximum absolute atomic E-state index is 11.2. The van der Waals surface area contributed by atoms with Crippen LogP contribution in [0, 0.1) is 11.8 Å². The van der Waals surface area contributed by atoms with Crippen molar-refractivity contribution < 1.29 is 38.0 Å². The molecule has 0 bridgehead atoms. The van der Waals surface area contributed by atoms with Crippen molar-refractivity contribution in [3.05, 3.63) is 0 Å². The molecule has 0 saturated heterocycles. The highest BCUT2D eigenvalue weighted by Gasteiger charge is 2.00. The molecule has 0 radical (unpaired) electrons. The van der Waals surface area contributed by atoms with E-state index >= 15 is 0 Å². The van der Waals surface area contributed by atoms with Crippen LogP contribution in [-0.2, 0) is 38.0 Å². The summed E-state index contributed by atoms with van der Waals surface area (Å²) in [7, 11) is 3.12. The van der Waals surface area contributed by atoms with E-state index < -0.39 is 11.9 Å². The summed E-state index contributed by atoms with van der Waals surface area (Å²) in [6.45, 7) is 2.35. The number of ether oxygens (including phenoxy) is 6. The van der Waals surface area contributed by atoms with Gasteiger partial charge in [-0.3, -0.25) is 0 Å². The largest absolute Gasteiger partial charge is 0.454 e. The zero-order chi connectivity index (χ0) is 16.5. The standard InChI is InChI=1S/C14H22O8/c1-17-5-7-19-9-11-21-13(15)3-4-14(16)22-12-10-20-8-6-18-2/h5-12H2,1-2H3. The van der Waals surface area contributed by atoms with Crippen LogP contribution in [0.1, 0.15) is 0 Å². The Morgan fingerprint density at radius 1 is 0.636 bits per heavy atom. The summed E-state index contributed by atoms with van der Waals surface area (Å²) < 4.78 is 29.1. The molecule has 0 atom stereocenters. The van der Waals surface area contributed by atoms with Gasteiger partial charge < -0.3 is 28.4 Å². The molecule has 0 fully saturated rings. The van der Waals surface area contributed by atoms with Crippen molar-refractivity contribution >= 4 is 11.9 Å². The van der Waals surface area contributed by atoms with E-state index in [1.165, 1.54) is 0 Å². The predicted octanol–water partition coefficient (Wildman–Crippen LogP) is -0.598. The Bertz CT molecular complexity index is 326. The average Bonchev–Trinajstić information content (AvgIpc) is 2.52. The molecule has 22 heavy (non-hydrogen) atoms. The van der Waals surface area contributed by atoms with Gasteiger partial charge in [0.2, 0.25) is 0 Å². The minimum Gasteiger partial charge on any atom is -0.454 e. The molecule has 0 aromatic rings. The van der Waals surface area contributed by atoms with Crippen LogP contribution in [0.4, 0.5) is 0 Å². The van der Waals surface area contributed by atoms with Crippen LogP contribution in [0.5, 0.6) is 0 Å². The van der Waals surface area contributed by atoms with Crippen molar-refractivity contribution in [3.63, 3.8) is 0 Å². The second-order valence-electron chi connectivity index (χ2n) is 3.73. The molecular formula is C14H22O8. The second-order valence-corrected chi connectivity index (χ2v) is 3.73. The Morgan fingerprint density at radius 2 is 1.00 bits per heavy atom. The van der Waals surface area contributed by atoms with Crippen molar-refractivity contribution in [1.82, 2.24) is 0 Å². The number of esters is 2. The van der Waals surface area contributed by atoms with Gasteiger partial charge in [-0.2, -0.15) is 0 Å². The van der Waals surface area contributed by atoms with Gasteiger partial charge in [0.15, 0.2) is 0 Å². The zero-order valence-electron chi connectivity index (χ0n) is 12.9. The van der Waals surface area contributed by atoms with Crippen molar-refractivity contribution in [2.24, 2.45) is 0 Å². The third-order valence-corrected chi connectivity index (χ3v) is 2.05. The Labute approximate surface area is 129 Å². The molecule has 0 aliphatic rings. The van der Waals surface area contributed by atoms with Gasteiger partial charge in [-0.05, 0) is 0 Å². The van der Waals surface area contributed by atoms with Crippen LogP contribution < -0.4 is 0 Å². The molecule has 8 heteroatoms. The van der Waals surface area contributed by atoms with E-state index in [1.807, 2.05) is 11.8 Å². The highest BCUT2D eigenvalue weighted by molar-refractivity contribution is 5.98. The van der Waals surface area contributed by atoms with Crippen LogP contribution in [-0.4, -0.2) is 79.0 Å². The minimum absolute atomic E-state index is 0.0552. The monoisotopic (exact) mass is 318 g/mol. The lowest BCUT2D eigenvalue weighted by Crippen LogP contribution is -2.13. The van der Waals surface area contributed by atoms with E-state index in [2.05, 4.69) is 0 Å². The second kappa shape index (κ2) is 15.7. The third kappa shape index (κ3) is 14.7. The van der Waals surface area contributed by atoms with E-state index in [1.54, 1.807) is 14.2 Å². The van der Waals surface area contributed by atoms with Crippen molar-refractivity contribution in [1.29, 1.82) is 0 Å². The van der Waals surface area contributed by atoms with Gasteiger partial charge in [-0.25, -0.2) is 9.59 Å². The van der Waals surface area contributed by atoms with Crippen LogP contribution >= 0.6 is 0 Å². The van der Waals surface area contributed by atoms with Gasteiger partial charge in [0.05, 0.1) is 39.6 Å². The summed E-state index contributed by atoms with van der Waals surface area (Å²) in [5, 5.41) is 0. The first kappa shape index (κ1) is 20.3. The van der Waals surface area contributed by atoms with E-state index in [4.69, 9.17) is 28.4 Å². The highest BCUT2D eigenvalue weighted by Crippen LogP contribution is 1.83. The molecule has 0 heterocycles. The fraction of sp³-hybridized carbons (Fsp3) is 0.714. The van der Waals surface area contributed by atoms with Crippen LogP contribution in [0.25, 0.3) is 0 Å². The average molecular weight is 318 g/mol. The van der Waals surface area contributed by atoms with E-state index in [9.17, 15) is 9.59 Å². The Kier molecular flexibility index (Phi) is 14.5. The lowest BCUT2D eigenvalue weighted by molar-refractivity contribution is -0.140. The Morgan fingerprint density at radius 3 is 1.36 bits per heavy atom. The number of hydrogen-bond acceptors (Lipinski definition) is 8. The number of methoxy groups -OCH3 is 2. The molecule has 0 amide bonds. The van der Waals surface area contributed by atoms with Gasteiger partial charge in [-0.15, -0.1) is 0 Å². The first-order chi connectivity index (χ1) is 10.7. The fourth-order valence-corrected chi connectivity index (χ4v) is 1.05. The Balaban J connectivity index is 3.56. The van der Waals surface area contributed by atoms with Crippen molar-refractivity contribution in [2.75, 3.05) is 67.1 Å². The number of hydrogen-bond donors (Lipinski definition) is 0. The summed E-state index contributed by atoms with van der Waals surface area (Å²) in [5.41, 5.74) is 0. The van der Waals surface area contributed by atoms with Gasteiger partial charge in [0.25, 0.3) is 0 Å². The molecular weight excluding hydrogens is 296 g/mol. The van der Waals surface area contributed by atoms with Crippen LogP contribution in [0.2, 0.25) is 0 Å². The summed E-state index contributed by atoms with van der Waals surface area (Å²) in [6.07, 6.45) is 0. The quantitative estimate of drug-likeness (QED) is 0.204. The fourth-order valence-electron chi connectivity index (χ4n) is 1.05. The molecule has 0 unspecified atom stereocenters. The number of carbonyl (C=O) groups excluding carboxylic acids is 2. The molecule has 0 N–H and O–H groups in total. The van der Waals surface area contributed by atoms with E-state index in [0.717, 1.165) is 0 Å². The summed E-state index contributed by atoms with van der Waals surface area (Å²) in [6, 6.07) is 0. The molecule has 8 nitrogen and oxygen atoms in total. The molecule has 126 valence electrons. The molecule has 0 aromatic heterocycles.